The first-order valence-corrected chi connectivity index (χ1v) is 2.57. The summed E-state index contributed by atoms with van der Waals surface area (Å²) in [5, 5.41) is 10.1. The van der Waals surface area contributed by atoms with Gasteiger partial charge in [0, 0.05) is 0 Å². The van der Waals surface area contributed by atoms with Crippen molar-refractivity contribution in [2.24, 2.45) is 0 Å². The van der Waals surface area contributed by atoms with Crippen LogP contribution in [0.3, 0.4) is 0 Å². The largest absolute Gasteiger partial charge is 2.00 e. The van der Waals surface area contributed by atoms with Crippen LogP contribution in [0, 0.1) is 0 Å². The van der Waals surface area contributed by atoms with Gasteiger partial charge in [0.15, 0.2) is 0 Å². The van der Waals surface area contributed by atoms with Crippen LogP contribution in [0.25, 0.3) is 0 Å². The first-order chi connectivity index (χ1) is 4.30. The van der Waals surface area contributed by atoms with Gasteiger partial charge in [0.2, 0.25) is 0 Å². The predicted molar refractivity (Wildman–Crippen MR) is 44.2 cm³/mol. The quantitative estimate of drug-likeness (QED) is 0.574. The van der Waals surface area contributed by atoms with E-state index in [1.165, 1.54) is 12.1 Å². The molecule has 0 spiro atoms. The number of hydrogen-bond donors (Lipinski definition) is 0. The molecule has 0 fully saturated rings. The smallest absolute Gasteiger partial charge is 0.870 e. The van der Waals surface area contributed by atoms with Crippen molar-refractivity contribution in [3.8, 4) is 0 Å². The van der Waals surface area contributed by atoms with Crippen LogP contribution in [0.5, 0.6) is 0 Å². The molecule has 0 aliphatic heterocycles. The van der Waals surface area contributed by atoms with Crippen LogP contribution in [0.1, 0.15) is 10.4 Å². The van der Waals surface area contributed by atoms with Crippen molar-refractivity contribution in [1.82, 2.24) is 0 Å². The van der Waals surface area contributed by atoms with Crippen LogP contribution in [0.4, 0.5) is 0 Å². The van der Waals surface area contributed by atoms with E-state index in [1.807, 2.05) is 0 Å². The number of carbonyl (C=O) groups excluding carboxylic acids is 1. The van der Waals surface area contributed by atoms with Crippen LogP contribution in [0.15, 0.2) is 30.3 Å². The Balaban J connectivity index is -0.000000270. The molecule has 5 heteroatoms. The van der Waals surface area contributed by atoms with Crippen molar-refractivity contribution in [2.45, 2.75) is 0 Å². The van der Waals surface area contributed by atoms with Gasteiger partial charge in [-0.25, -0.2) is 0 Å². The number of carbonyl (C=O) groups is 1. The number of benzene rings is 1. The molecule has 0 amide bonds. The number of rotatable bonds is 1. The molecule has 1 N–H and O–H groups in total. The number of hydrogen-bond acceptors (Lipinski definition) is 3. The van der Waals surface area contributed by atoms with Crippen LogP contribution in [-0.4, -0.2) is 86.9 Å². The second kappa shape index (κ2) is 10.3. The Morgan fingerprint density at radius 2 is 1.50 bits per heavy atom. The monoisotopic (exact) mass is 218 g/mol. The van der Waals surface area contributed by atoms with Gasteiger partial charge in [0.25, 0.3) is 0 Å². The zero-order valence-corrected chi connectivity index (χ0v) is 11.0. The second-order valence-electron chi connectivity index (χ2n) is 1.65. The van der Waals surface area contributed by atoms with Crippen molar-refractivity contribution in [1.29, 1.82) is 0 Å². The second-order valence-corrected chi connectivity index (χ2v) is 1.65. The first kappa shape index (κ1) is 18.9. The van der Waals surface area contributed by atoms with Crippen molar-refractivity contribution in [3.63, 3.8) is 0 Å². The van der Waals surface area contributed by atoms with Crippen LogP contribution in [-0.2, 0) is 0 Å². The molecule has 12 heavy (non-hydrogen) atoms. The molecule has 0 radical (unpaired) electrons. The van der Waals surface area contributed by atoms with Crippen molar-refractivity contribution in [2.75, 3.05) is 0 Å². The van der Waals surface area contributed by atoms with Gasteiger partial charge >= 0.3 is 75.5 Å². The average molecular weight is 218 g/mol. The Bertz CT molecular complexity index is 213. The fourth-order valence-electron chi connectivity index (χ4n) is 0.574. The minimum atomic E-state index is -1.13. The third-order valence-electron chi connectivity index (χ3n) is 1.01. The zero-order chi connectivity index (χ0) is 6.69. The zero-order valence-electron chi connectivity index (χ0n) is 6.56. The van der Waals surface area contributed by atoms with Crippen LogP contribution in [0.2, 0.25) is 0 Å². The molecule has 1 aromatic carbocycles. The van der Waals surface area contributed by atoms with Gasteiger partial charge in [0.05, 0.1) is 5.97 Å². The molecule has 54 valence electrons. The topological polar surface area (TPSA) is 70.1 Å². The Labute approximate surface area is 130 Å². The van der Waals surface area contributed by atoms with Gasteiger partial charge in [-0.15, -0.1) is 0 Å². The van der Waals surface area contributed by atoms with Gasteiger partial charge < -0.3 is 15.4 Å². The van der Waals surface area contributed by atoms with Crippen molar-refractivity contribution >= 4 is 81.4 Å². The fraction of sp³-hybridized carbons (Fsp3) is 0. The Morgan fingerprint density at radius 3 is 1.75 bits per heavy atom. The van der Waals surface area contributed by atoms with Gasteiger partial charge in [-0.05, 0) is 5.56 Å². The summed E-state index contributed by atoms with van der Waals surface area (Å²) in [6.45, 7) is 0. The van der Waals surface area contributed by atoms with E-state index in [2.05, 4.69) is 0 Å². The van der Waals surface area contributed by atoms with Crippen LogP contribution < -0.4 is 5.11 Å². The Hall–Kier alpha value is 1.17. The molecule has 0 saturated heterocycles. The van der Waals surface area contributed by atoms with Gasteiger partial charge in [-0.3, -0.25) is 0 Å². The molecule has 0 heterocycles. The van der Waals surface area contributed by atoms with E-state index in [-0.39, 0.29) is 86.5 Å². The Kier molecular flexibility index (Phi) is 16.1. The molecule has 0 atom stereocenters. The summed E-state index contributed by atoms with van der Waals surface area (Å²) in [4.78, 5) is 10.1. The normalized spacial score (nSPS) is 6.67. The molecule has 1 aromatic rings. The molecule has 0 saturated carbocycles. The molecule has 3 nitrogen and oxygen atoms in total. The van der Waals surface area contributed by atoms with E-state index in [4.69, 9.17) is 0 Å². The summed E-state index contributed by atoms with van der Waals surface area (Å²) in [5.74, 6) is -1.13. The summed E-state index contributed by atoms with van der Waals surface area (Å²) < 4.78 is 0. The van der Waals surface area contributed by atoms with Crippen molar-refractivity contribution in [3.05, 3.63) is 35.9 Å². The number of carboxylic acid groups (broad SMARTS) is 1. The minimum Gasteiger partial charge on any atom is -0.870 e. The molecule has 0 aliphatic rings. The summed E-state index contributed by atoms with van der Waals surface area (Å²) >= 11 is 0. The summed E-state index contributed by atoms with van der Waals surface area (Å²) in [5.41, 5.74) is 0.220. The maximum Gasteiger partial charge on any atom is 2.00 e. The molecule has 0 unspecified atom stereocenters. The molecule has 1 rings (SSSR count). The van der Waals surface area contributed by atoms with E-state index in [0.717, 1.165) is 0 Å². The molecular weight excluding hydrogens is 212 g/mol. The minimum absolute atomic E-state index is 0. The summed E-state index contributed by atoms with van der Waals surface area (Å²) in [7, 11) is 0. The first-order valence-electron chi connectivity index (χ1n) is 2.57. The fourth-order valence-corrected chi connectivity index (χ4v) is 0.574. The molecular formula is C7H6Ca2O3+2. The molecule has 0 aromatic heterocycles. The van der Waals surface area contributed by atoms with E-state index in [9.17, 15) is 9.90 Å². The third kappa shape index (κ3) is 6.66. The van der Waals surface area contributed by atoms with Gasteiger partial charge in [-0.2, -0.15) is 0 Å². The maximum absolute atomic E-state index is 10.1. The SMILES string of the molecule is O=C([O-])c1ccccc1.[Ca+2].[Ca+2].[OH-]. The maximum atomic E-state index is 10.1. The van der Waals surface area contributed by atoms with E-state index >= 15 is 0 Å². The summed E-state index contributed by atoms with van der Waals surface area (Å²) in [6.07, 6.45) is 0. The van der Waals surface area contributed by atoms with Gasteiger partial charge in [-0.1, -0.05) is 30.3 Å². The van der Waals surface area contributed by atoms with Crippen LogP contribution >= 0.6 is 0 Å². The van der Waals surface area contributed by atoms with Crippen molar-refractivity contribution < 1.29 is 15.4 Å². The average Bonchev–Trinajstić information content (AvgIpc) is 1.90. The van der Waals surface area contributed by atoms with E-state index in [1.54, 1.807) is 18.2 Å². The number of aromatic carboxylic acids is 1. The predicted octanol–water partition coefficient (Wildman–Crippen LogP) is -0.888. The van der Waals surface area contributed by atoms with E-state index < -0.39 is 5.97 Å². The standard InChI is InChI=1S/C7H6O2.2Ca.H2O/c8-7(9)6-4-2-1-3-5-6;;;/h1-5H,(H,8,9);;;1H2/q;2*+2;/p-2. The molecule has 0 bridgehead atoms. The van der Waals surface area contributed by atoms with E-state index in [0.29, 0.717) is 0 Å². The van der Waals surface area contributed by atoms with Gasteiger partial charge in [0.1, 0.15) is 0 Å². The third-order valence-corrected chi connectivity index (χ3v) is 1.01. The number of carboxylic acids is 1. The summed E-state index contributed by atoms with van der Waals surface area (Å²) in [6, 6.07) is 8.06. The Morgan fingerprint density at radius 1 is 1.08 bits per heavy atom. The molecule has 0 aliphatic carbocycles.